The van der Waals surface area contributed by atoms with Gasteiger partial charge in [0.1, 0.15) is 0 Å². The molecule has 0 heterocycles. The van der Waals surface area contributed by atoms with Crippen LogP contribution < -0.4 is 10.6 Å². The van der Waals surface area contributed by atoms with Gasteiger partial charge in [-0.3, -0.25) is 14.4 Å². The molecule has 0 saturated carbocycles. The minimum Gasteiger partial charge on any atom is -0.359 e. The number of rotatable bonds is 10. The lowest BCUT2D eigenvalue weighted by Crippen LogP contribution is -2.32. The second-order valence-corrected chi connectivity index (χ2v) is 2.64. The Morgan fingerprint density at radius 2 is 1.57 bits per heavy atom. The first-order valence-electron chi connectivity index (χ1n) is 4.38. The van der Waals surface area contributed by atoms with Gasteiger partial charge in [0.15, 0.2) is 0 Å². The van der Waals surface area contributed by atoms with Crippen molar-refractivity contribution in [3.8, 4) is 0 Å². The number of amides is 3. The summed E-state index contributed by atoms with van der Waals surface area (Å²) in [6.07, 6.45) is 2.65. The van der Waals surface area contributed by atoms with Crippen LogP contribution in [-0.4, -0.2) is 50.3 Å². The van der Waals surface area contributed by atoms with Crippen molar-refractivity contribution in [2.45, 2.75) is 6.42 Å². The molecule has 0 aliphatic rings. The van der Waals surface area contributed by atoms with Crippen molar-refractivity contribution in [2.24, 2.45) is 0 Å². The molecule has 0 aromatic carbocycles. The topological polar surface area (TPSA) is 78.5 Å². The predicted molar refractivity (Wildman–Crippen MR) is 50.4 cm³/mol. The van der Waals surface area contributed by atoms with E-state index < -0.39 is 0 Å². The molecule has 0 bridgehead atoms. The number of nitrogens with one attached hydrogen (secondary N) is 2. The minimum absolute atomic E-state index is 0.448. The highest BCUT2D eigenvalue weighted by atomic mass is 16.1. The number of nitrogens with zero attached hydrogens (tertiary/aromatic N) is 1. The number of hydrogen-bond donors (Lipinski definition) is 2. The third-order valence-electron chi connectivity index (χ3n) is 1.63. The van der Waals surface area contributed by atoms with E-state index in [0.29, 0.717) is 45.4 Å². The third kappa shape index (κ3) is 7.08. The molecule has 0 aromatic rings. The summed E-state index contributed by atoms with van der Waals surface area (Å²) in [6, 6.07) is 0. The smallest absolute Gasteiger partial charge is 0.209 e. The molecule has 0 aliphatic carbocycles. The summed E-state index contributed by atoms with van der Waals surface area (Å²) < 4.78 is 0. The second kappa shape index (κ2) is 9.50. The Hall–Kier alpha value is -1.59. The summed E-state index contributed by atoms with van der Waals surface area (Å²) in [5, 5.41) is 4.96. The lowest BCUT2D eigenvalue weighted by atomic mass is 10.4. The maximum Gasteiger partial charge on any atom is 0.209 e. The zero-order chi connectivity index (χ0) is 10.6. The van der Waals surface area contributed by atoms with Crippen molar-refractivity contribution in [1.82, 2.24) is 15.5 Å². The molecule has 6 heteroatoms. The quantitative estimate of drug-likeness (QED) is 0.327. The Labute approximate surface area is 82.6 Å². The zero-order valence-electron chi connectivity index (χ0n) is 7.94. The molecule has 80 valence electrons. The van der Waals surface area contributed by atoms with Crippen LogP contribution >= 0.6 is 0 Å². The summed E-state index contributed by atoms with van der Waals surface area (Å²) in [5.74, 6) is 0. The van der Waals surface area contributed by atoms with E-state index in [9.17, 15) is 14.4 Å². The van der Waals surface area contributed by atoms with E-state index in [-0.39, 0.29) is 0 Å². The molecule has 0 fully saturated rings. The highest BCUT2D eigenvalue weighted by molar-refractivity contribution is 5.48. The molecule has 6 nitrogen and oxygen atoms in total. The molecular formula is C8H15N3O3. The van der Waals surface area contributed by atoms with Crippen molar-refractivity contribution < 1.29 is 14.4 Å². The zero-order valence-corrected chi connectivity index (χ0v) is 7.94. The van der Waals surface area contributed by atoms with Crippen LogP contribution in [-0.2, 0) is 14.4 Å². The molecule has 0 aromatic heterocycles. The van der Waals surface area contributed by atoms with Gasteiger partial charge in [-0.25, -0.2) is 0 Å². The van der Waals surface area contributed by atoms with E-state index >= 15 is 0 Å². The number of hydrogen-bond acceptors (Lipinski definition) is 3. The molecule has 0 saturated heterocycles. The van der Waals surface area contributed by atoms with E-state index in [2.05, 4.69) is 10.6 Å². The summed E-state index contributed by atoms with van der Waals surface area (Å²) in [4.78, 5) is 31.8. The molecule has 0 spiro atoms. The van der Waals surface area contributed by atoms with Gasteiger partial charge in [-0.05, 0) is 6.42 Å². The van der Waals surface area contributed by atoms with Crippen molar-refractivity contribution in [1.29, 1.82) is 0 Å². The molecular weight excluding hydrogens is 186 g/mol. The van der Waals surface area contributed by atoms with Crippen LogP contribution in [0.3, 0.4) is 0 Å². The Bertz CT molecular complexity index is 175. The number of carbonyl (C=O) groups is 3. The monoisotopic (exact) mass is 201 g/mol. The van der Waals surface area contributed by atoms with Crippen LogP contribution in [0.4, 0.5) is 0 Å². The van der Waals surface area contributed by atoms with Crippen LogP contribution in [0.15, 0.2) is 0 Å². The molecule has 2 N–H and O–H groups in total. The first kappa shape index (κ1) is 12.4. The van der Waals surface area contributed by atoms with Crippen molar-refractivity contribution in [2.75, 3.05) is 26.2 Å². The van der Waals surface area contributed by atoms with Gasteiger partial charge in [-0.2, -0.15) is 0 Å². The summed E-state index contributed by atoms with van der Waals surface area (Å²) in [5.41, 5.74) is 0. The second-order valence-electron chi connectivity index (χ2n) is 2.64. The normalized spacial score (nSPS) is 8.86. The van der Waals surface area contributed by atoms with Gasteiger partial charge in [0.05, 0.1) is 0 Å². The van der Waals surface area contributed by atoms with E-state index in [1.165, 1.54) is 0 Å². The van der Waals surface area contributed by atoms with Crippen molar-refractivity contribution in [3.05, 3.63) is 0 Å². The molecule has 3 amide bonds. The average Bonchev–Trinajstić information content (AvgIpc) is 2.22. The summed E-state index contributed by atoms with van der Waals surface area (Å²) in [7, 11) is 0. The Balaban J connectivity index is 3.42. The maximum atomic E-state index is 10.5. The van der Waals surface area contributed by atoms with E-state index in [1.54, 1.807) is 4.90 Å². The van der Waals surface area contributed by atoms with E-state index in [1.807, 2.05) is 0 Å². The van der Waals surface area contributed by atoms with Crippen LogP contribution in [0.5, 0.6) is 0 Å². The molecule has 14 heavy (non-hydrogen) atoms. The fourth-order valence-corrected chi connectivity index (χ4v) is 0.927. The fourth-order valence-electron chi connectivity index (χ4n) is 0.927. The lowest BCUT2D eigenvalue weighted by Gasteiger charge is -2.16. The predicted octanol–water partition coefficient (Wildman–Crippen LogP) is -1.67. The Kier molecular flexibility index (Phi) is 8.42. The van der Waals surface area contributed by atoms with Gasteiger partial charge in [-0.1, -0.05) is 0 Å². The highest BCUT2D eigenvalue weighted by Crippen LogP contribution is 1.85. The molecule has 0 radical (unpaired) electrons. The van der Waals surface area contributed by atoms with Crippen molar-refractivity contribution in [3.63, 3.8) is 0 Å². The first-order chi connectivity index (χ1) is 6.85. The molecule has 0 rings (SSSR count). The fraction of sp³-hybridized carbons (Fsp3) is 0.625. The number of carbonyl (C=O) groups excluding carboxylic acids is 3. The van der Waals surface area contributed by atoms with Gasteiger partial charge in [0, 0.05) is 26.2 Å². The molecule has 0 aliphatic heterocycles. The maximum absolute atomic E-state index is 10.5. The van der Waals surface area contributed by atoms with Gasteiger partial charge < -0.3 is 15.5 Å². The van der Waals surface area contributed by atoms with Crippen LogP contribution in [0.25, 0.3) is 0 Å². The third-order valence-corrected chi connectivity index (χ3v) is 1.63. The van der Waals surface area contributed by atoms with Crippen molar-refractivity contribution >= 4 is 19.2 Å². The van der Waals surface area contributed by atoms with Crippen LogP contribution in [0, 0.1) is 0 Å². The summed E-state index contributed by atoms with van der Waals surface area (Å²) >= 11 is 0. The Morgan fingerprint density at radius 1 is 0.929 bits per heavy atom. The van der Waals surface area contributed by atoms with Gasteiger partial charge in [0.2, 0.25) is 19.2 Å². The van der Waals surface area contributed by atoms with Crippen LogP contribution in [0.1, 0.15) is 6.42 Å². The largest absolute Gasteiger partial charge is 0.359 e. The molecule has 0 unspecified atom stereocenters. The highest BCUT2D eigenvalue weighted by Gasteiger charge is 1.99. The van der Waals surface area contributed by atoms with Gasteiger partial charge in [0.25, 0.3) is 0 Å². The standard InChI is InChI=1S/C8H15N3O3/c12-6-9-2-1-4-11(8-14)5-3-10-7-13/h6-8H,1-5H2,(H,9,12)(H,10,13). The summed E-state index contributed by atoms with van der Waals surface area (Å²) in [6.45, 7) is 2.06. The van der Waals surface area contributed by atoms with Gasteiger partial charge in [-0.15, -0.1) is 0 Å². The lowest BCUT2D eigenvalue weighted by molar-refractivity contribution is -0.118. The minimum atomic E-state index is 0.448. The van der Waals surface area contributed by atoms with Crippen LogP contribution in [0.2, 0.25) is 0 Å². The Morgan fingerprint density at radius 3 is 2.14 bits per heavy atom. The van der Waals surface area contributed by atoms with E-state index in [0.717, 1.165) is 6.41 Å². The molecule has 0 atom stereocenters. The first-order valence-corrected chi connectivity index (χ1v) is 4.38. The average molecular weight is 201 g/mol. The van der Waals surface area contributed by atoms with E-state index in [4.69, 9.17) is 0 Å². The SMILES string of the molecule is O=CNCCCN(C=O)CCNC=O. The van der Waals surface area contributed by atoms with Gasteiger partial charge >= 0.3 is 0 Å².